The predicted octanol–water partition coefficient (Wildman–Crippen LogP) is 4.57. The van der Waals surface area contributed by atoms with Crippen LogP contribution in [0.2, 0.25) is 0 Å². The zero-order valence-corrected chi connectivity index (χ0v) is 17.0. The average Bonchev–Trinajstić information content (AvgIpc) is 3.14. The number of H-pyrrole nitrogens is 1. The maximum absolute atomic E-state index is 12.9. The third kappa shape index (κ3) is 4.40. The minimum Gasteiger partial charge on any atom is -0.349 e. The van der Waals surface area contributed by atoms with E-state index in [0.29, 0.717) is 12.1 Å². The van der Waals surface area contributed by atoms with Gasteiger partial charge in [0.25, 0.3) is 5.56 Å². The summed E-state index contributed by atoms with van der Waals surface area (Å²) in [5.41, 5.74) is 3.66. The molecule has 29 heavy (non-hydrogen) atoms. The first kappa shape index (κ1) is 19.4. The highest BCUT2D eigenvalue weighted by Crippen LogP contribution is 2.20. The number of nitrogens with zero attached hydrogens (tertiary/aromatic N) is 3. The number of aromatic nitrogens is 3. The van der Waals surface area contributed by atoms with Gasteiger partial charge in [0.1, 0.15) is 11.0 Å². The van der Waals surface area contributed by atoms with Gasteiger partial charge in [0.05, 0.1) is 6.33 Å². The molecule has 2 aromatic carbocycles. The average molecular weight is 389 g/mol. The summed E-state index contributed by atoms with van der Waals surface area (Å²) in [6.45, 7) is 5.90. The molecular formula is C24H28N4O. The fourth-order valence-electron chi connectivity index (χ4n) is 3.86. The van der Waals surface area contributed by atoms with Crippen LogP contribution < -0.4 is 5.56 Å². The lowest BCUT2D eigenvalue weighted by molar-refractivity contribution is 0.252. The number of rotatable bonds is 9. The molecule has 0 spiro atoms. The minimum absolute atomic E-state index is 0.00867. The molecule has 0 saturated carbocycles. The van der Waals surface area contributed by atoms with Crippen LogP contribution in [-0.2, 0) is 13.1 Å². The van der Waals surface area contributed by atoms with Gasteiger partial charge in [-0.15, -0.1) is 0 Å². The summed E-state index contributed by atoms with van der Waals surface area (Å²) in [7, 11) is 0. The fourth-order valence-corrected chi connectivity index (χ4v) is 3.86. The maximum atomic E-state index is 12.9. The Morgan fingerprint density at radius 2 is 1.76 bits per heavy atom. The SMILES string of the molecule is CCCCN(CCCn1cnc2c([nH]c3ccccc32)c1=O)Cc1ccccc1. The van der Waals surface area contributed by atoms with Crippen molar-refractivity contribution in [3.63, 3.8) is 0 Å². The zero-order valence-electron chi connectivity index (χ0n) is 17.0. The van der Waals surface area contributed by atoms with Gasteiger partial charge in [-0.1, -0.05) is 61.9 Å². The smallest absolute Gasteiger partial charge is 0.277 e. The number of fused-ring (bicyclic) bond motifs is 3. The topological polar surface area (TPSA) is 53.9 Å². The minimum atomic E-state index is 0.00867. The van der Waals surface area contributed by atoms with Crippen LogP contribution in [0.15, 0.2) is 65.7 Å². The van der Waals surface area contributed by atoms with Gasteiger partial charge < -0.3 is 4.98 Å². The Bertz CT molecular complexity index is 1130. The molecule has 0 aliphatic heterocycles. The Hall–Kier alpha value is -2.92. The van der Waals surface area contributed by atoms with Crippen molar-refractivity contribution in [2.75, 3.05) is 13.1 Å². The number of aromatic amines is 1. The Kier molecular flexibility index (Phi) is 6.06. The van der Waals surface area contributed by atoms with Crippen LogP contribution in [0, 0.1) is 0 Å². The van der Waals surface area contributed by atoms with Crippen LogP contribution in [0.3, 0.4) is 0 Å². The molecule has 2 aromatic heterocycles. The molecule has 0 radical (unpaired) electrons. The number of hydrogen-bond donors (Lipinski definition) is 1. The molecule has 0 aliphatic rings. The molecule has 5 nitrogen and oxygen atoms in total. The van der Waals surface area contributed by atoms with Crippen molar-refractivity contribution in [1.29, 1.82) is 0 Å². The second kappa shape index (κ2) is 9.05. The first-order valence-electron chi connectivity index (χ1n) is 10.5. The molecule has 4 aromatic rings. The van der Waals surface area contributed by atoms with E-state index in [9.17, 15) is 4.79 Å². The van der Waals surface area contributed by atoms with Crippen LogP contribution in [0.4, 0.5) is 0 Å². The Balaban J connectivity index is 1.45. The highest BCUT2D eigenvalue weighted by Gasteiger charge is 2.11. The summed E-state index contributed by atoms with van der Waals surface area (Å²) >= 11 is 0. The molecule has 0 aliphatic carbocycles. The van der Waals surface area contributed by atoms with Crippen LogP contribution in [0.1, 0.15) is 31.7 Å². The van der Waals surface area contributed by atoms with E-state index in [-0.39, 0.29) is 5.56 Å². The van der Waals surface area contributed by atoms with Crippen molar-refractivity contribution < 1.29 is 0 Å². The quantitative estimate of drug-likeness (QED) is 0.457. The number of para-hydroxylation sites is 1. The summed E-state index contributed by atoms with van der Waals surface area (Å²) in [6, 6.07) is 18.5. The Labute approximate surface area is 171 Å². The van der Waals surface area contributed by atoms with E-state index >= 15 is 0 Å². The molecule has 0 unspecified atom stereocenters. The summed E-state index contributed by atoms with van der Waals surface area (Å²) < 4.78 is 1.73. The van der Waals surface area contributed by atoms with Crippen molar-refractivity contribution in [2.24, 2.45) is 0 Å². The van der Waals surface area contributed by atoms with E-state index in [1.165, 1.54) is 18.4 Å². The van der Waals surface area contributed by atoms with Crippen LogP contribution >= 0.6 is 0 Å². The van der Waals surface area contributed by atoms with Crippen molar-refractivity contribution in [1.82, 2.24) is 19.4 Å². The number of benzene rings is 2. The van der Waals surface area contributed by atoms with E-state index in [0.717, 1.165) is 42.5 Å². The molecule has 2 heterocycles. The number of nitrogens with one attached hydrogen (secondary N) is 1. The second-order valence-electron chi connectivity index (χ2n) is 7.61. The summed E-state index contributed by atoms with van der Waals surface area (Å²) in [5.74, 6) is 0. The van der Waals surface area contributed by atoms with Crippen LogP contribution in [-0.4, -0.2) is 32.5 Å². The van der Waals surface area contributed by atoms with Crippen molar-refractivity contribution in [3.05, 3.63) is 76.8 Å². The molecule has 150 valence electrons. The first-order valence-corrected chi connectivity index (χ1v) is 10.5. The first-order chi connectivity index (χ1) is 14.3. The van der Waals surface area contributed by atoms with Crippen molar-refractivity contribution in [3.8, 4) is 0 Å². The zero-order chi connectivity index (χ0) is 20.1. The summed E-state index contributed by atoms with van der Waals surface area (Å²) in [5, 5.41) is 1.00. The van der Waals surface area contributed by atoms with Gasteiger partial charge in [-0.2, -0.15) is 0 Å². The van der Waals surface area contributed by atoms with Gasteiger partial charge in [0.2, 0.25) is 0 Å². The van der Waals surface area contributed by atoms with Gasteiger partial charge in [-0.3, -0.25) is 14.3 Å². The molecule has 0 atom stereocenters. The lowest BCUT2D eigenvalue weighted by Gasteiger charge is -2.22. The molecule has 0 saturated heterocycles. The third-order valence-electron chi connectivity index (χ3n) is 5.43. The fraction of sp³-hybridized carbons (Fsp3) is 0.333. The normalized spacial score (nSPS) is 11.7. The van der Waals surface area contributed by atoms with Crippen molar-refractivity contribution >= 4 is 21.9 Å². The predicted molar refractivity (Wildman–Crippen MR) is 119 cm³/mol. The van der Waals surface area contributed by atoms with E-state index in [2.05, 4.69) is 52.1 Å². The number of hydrogen-bond acceptors (Lipinski definition) is 3. The van der Waals surface area contributed by atoms with Gasteiger partial charge in [0, 0.05) is 30.5 Å². The Morgan fingerprint density at radius 3 is 2.59 bits per heavy atom. The monoisotopic (exact) mass is 388 g/mol. The van der Waals surface area contributed by atoms with Crippen molar-refractivity contribution in [2.45, 2.75) is 39.3 Å². The highest BCUT2D eigenvalue weighted by molar-refractivity contribution is 6.04. The van der Waals surface area contributed by atoms with Gasteiger partial charge in [-0.25, -0.2) is 4.98 Å². The summed E-state index contributed by atoms with van der Waals surface area (Å²) in [4.78, 5) is 23.2. The lowest BCUT2D eigenvalue weighted by Crippen LogP contribution is -2.28. The van der Waals surface area contributed by atoms with Gasteiger partial charge in [-0.05, 0) is 31.0 Å². The van der Waals surface area contributed by atoms with E-state index in [1.807, 2.05) is 24.3 Å². The maximum Gasteiger partial charge on any atom is 0.277 e. The molecule has 4 rings (SSSR count). The molecule has 5 heteroatoms. The van der Waals surface area contributed by atoms with E-state index < -0.39 is 0 Å². The molecule has 1 N–H and O–H groups in total. The van der Waals surface area contributed by atoms with Gasteiger partial charge in [0.15, 0.2) is 0 Å². The largest absolute Gasteiger partial charge is 0.349 e. The molecular weight excluding hydrogens is 360 g/mol. The van der Waals surface area contributed by atoms with E-state index in [1.54, 1.807) is 10.9 Å². The second-order valence-corrected chi connectivity index (χ2v) is 7.61. The third-order valence-corrected chi connectivity index (χ3v) is 5.43. The standard InChI is InChI=1S/C24H28N4O/c1-2-3-14-27(17-19-10-5-4-6-11-19)15-9-16-28-18-25-22-20-12-7-8-13-21(20)26-23(22)24(28)29/h4-8,10-13,18,26H,2-3,9,14-17H2,1H3. The highest BCUT2D eigenvalue weighted by atomic mass is 16.1. The number of unbranched alkanes of at least 4 members (excludes halogenated alkanes) is 1. The molecule has 0 bridgehead atoms. The Morgan fingerprint density at radius 1 is 1.00 bits per heavy atom. The van der Waals surface area contributed by atoms with Crippen LogP contribution in [0.5, 0.6) is 0 Å². The van der Waals surface area contributed by atoms with E-state index in [4.69, 9.17) is 0 Å². The van der Waals surface area contributed by atoms with Crippen LogP contribution in [0.25, 0.3) is 21.9 Å². The molecule has 0 fully saturated rings. The lowest BCUT2D eigenvalue weighted by atomic mass is 10.2. The summed E-state index contributed by atoms with van der Waals surface area (Å²) in [6.07, 6.45) is 4.99. The number of aryl methyl sites for hydroxylation is 1. The molecule has 0 amide bonds. The van der Waals surface area contributed by atoms with Gasteiger partial charge >= 0.3 is 0 Å².